The van der Waals surface area contributed by atoms with E-state index in [0.717, 1.165) is 12.6 Å². The van der Waals surface area contributed by atoms with Gasteiger partial charge in [0, 0.05) is 12.1 Å². The third-order valence-corrected chi connectivity index (χ3v) is 3.36. The lowest BCUT2D eigenvalue weighted by Gasteiger charge is -2.39. The molecule has 2 atom stereocenters. The molecule has 0 saturated carbocycles. The summed E-state index contributed by atoms with van der Waals surface area (Å²) < 4.78 is 0. The van der Waals surface area contributed by atoms with Gasteiger partial charge >= 0.3 is 0 Å². The molecule has 0 bridgehead atoms. The molecule has 1 fully saturated rings. The number of rotatable bonds is 5. The minimum Gasteiger partial charge on any atom is -0.313 e. The van der Waals surface area contributed by atoms with Crippen LogP contribution < -0.4 is 5.32 Å². The molecule has 0 aliphatic carbocycles. The van der Waals surface area contributed by atoms with Gasteiger partial charge in [0.25, 0.3) is 0 Å². The molecule has 1 aliphatic rings. The van der Waals surface area contributed by atoms with Crippen molar-refractivity contribution in [2.24, 2.45) is 0 Å². The Morgan fingerprint density at radius 2 is 2.14 bits per heavy atom. The van der Waals surface area contributed by atoms with Crippen LogP contribution in [0.25, 0.3) is 0 Å². The Morgan fingerprint density at radius 3 is 2.79 bits per heavy atom. The molecule has 0 amide bonds. The highest BCUT2D eigenvalue weighted by molar-refractivity contribution is 4.84. The topological polar surface area (TPSA) is 15.3 Å². The third-order valence-electron chi connectivity index (χ3n) is 3.36. The first-order chi connectivity index (χ1) is 6.79. The molecule has 0 aromatic rings. The van der Waals surface area contributed by atoms with Crippen LogP contribution in [0, 0.1) is 0 Å². The van der Waals surface area contributed by atoms with E-state index in [1.165, 1.54) is 38.8 Å². The van der Waals surface area contributed by atoms with E-state index < -0.39 is 0 Å². The van der Waals surface area contributed by atoms with Crippen LogP contribution in [0.2, 0.25) is 0 Å². The molecule has 84 valence electrons. The maximum atomic E-state index is 3.62. The van der Waals surface area contributed by atoms with Crippen molar-refractivity contribution >= 4 is 0 Å². The van der Waals surface area contributed by atoms with Crippen molar-refractivity contribution in [2.75, 3.05) is 19.6 Å². The summed E-state index contributed by atoms with van der Waals surface area (Å²) in [6.07, 6.45) is 5.43. The van der Waals surface area contributed by atoms with Crippen molar-refractivity contribution in [3.8, 4) is 0 Å². The predicted octanol–water partition coefficient (Wildman–Crippen LogP) is 2.25. The van der Waals surface area contributed by atoms with Crippen molar-refractivity contribution < 1.29 is 0 Å². The Kier molecular flexibility index (Phi) is 5.49. The van der Waals surface area contributed by atoms with Gasteiger partial charge in [0.1, 0.15) is 0 Å². The van der Waals surface area contributed by atoms with E-state index in [1.54, 1.807) is 0 Å². The standard InChI is InChI=1S/C12H26N2/c1-4-9-13-11(3)12-8-6-7-10-14(12)5-2/h11-13H,4-10H2,1-3H3. The smallest absolute Gasteiger partial charge is 0.0246 e. The fourth-order valence-corrected chi connectivity index (χ4v) is 2.48. The average molecular weight is 198 g/mol. The Bertz CT molecular complexity index is 147. The molecule has 14 heavy (non-hydrogen) atoms. The number of nitrogens with zero attached hydrogens (tertiary/aromatic N) is 1. The Morgan fingerprint density at radius 1 is 1.36 bits per heavy atom. The number of nitrogens with one attached hydrogen (secondary N) is 1. The van der Waals surface area contributed by atoms with Gasteiger partial charge in [0.15, 0.2) is 0 Å². The summed E-state index contributed by atoms with van der Waals surface area (Å²) in [7, 11) is 0. The monoisotopic (exact) mass is 198 g/mol. The number of hydrogen-bond donors (Lipinski definition) is 1. The number of piperidine rings is 1. The van der Waals surface area contributed by atoms with Crippen molar-refractivity contribution in [1.82, 2.24) is 10.2 Å². The van der Waals surface area contributed by atoms with E-state index in [4.69, 9.17) is 0 Å². The second-order valence-electron chi connectivity index (χ2n) is 4.43. The van der Waals surface area contributed by atoms with Crippen LogP contribution in [0.4, 0.5) is 0 Å². The summed E-state index contributed by atoms with van der Waals surface area (Å²) in [4.78, 5) is 2.64. The fourth-order valence-electron chi connectivity index (χ4n) is 2.48. The molecule has 1 N–H and O–H groups in total. The normalized spacial score (nSPS) is 26.4. The van der Waals surface area contributed by atoms with E-state index >= 15 is 0 Å². The van der Waals surface area contributed by atoms with Crippen LogP contribution in [0.15, 0.2) is 0 Å². The lowest BCUT2D eigenvalue weighted by Crippen LogP contribution is -2.50. The molecule has 1 rings (SSSR count). The lowest BCUT2D eigenvalue weighted by molar-refractivity contribution is 0.126. The molecule has 1 saturated heterocycles. The zero-order chi connectivity index (χ0) is 10.4. The molecule has 0 aromatic heterocycles. The maximum absolute atomic E-state index is 3.62. The number of likely N-dealkylation sites (N-methyl/N-ethyl adjacent to an activating group) is 1. The van der Waals surface area contributed by atoms with Crippen molar-refractivity contribution in [2.45, 2.75) is 58.5 Å². The SMILES string of the molecule is CCCNC(C)C1CCCCN1CC. The van der Waals surface area contributed by atoms with Crippen LogP contribution in [0.5, 0.6) is 0 Å². The van der Waals surface area contributed by atoms with Crippen LogP contribution in [0.1, 0.15) is 46.5 Å². The molecule has 0 spiro atoms. The van der Waals surface area contributed by atoms with Gasteiger partial charge in [-0.3, -0.25) is 4.90 Å². The van der Waals surface area contributed by atoms with Crippen LogP contribution in [0.3, 0.4) is 0 Å². The van der Waals surface area contributed by atoms with E-state index in [1.807, 2.05) is 0 Å². The quantitative estimate of drug-likeness (QED) is 0.729. The summed E-state index contributed by atoms with van der Waals surface area (Å²) in [5.74, 6) is 0. The van der Waals surface area contributed by atoms with E-state index in [9.17, 15) is 0 Å². The second-order valence-corrected chi connectivity index (χ2v) is 4.43. The van der Waals surface area contributed by atoms with Gasteiger partial charge in [-0.25, -0.2) is 0 Å². The van der Waals surface area contributed by atoms with Gasteiger partial charge in [0.2, 0.25) is 0 Å². The molecule has 0 radical (unpaired) electrons. The van der Waals surface area contributed by atoms with Gasteiger partial charge in [-0.05, 0) is 45.8 Å². The van der Waals surface area contributed by atoms with Gasteiger partial charge < -0.3 is 5.32 Å². The summed E-state index contributed by atoms with van der Waals surface area (Å²) in [6, 6.07) is 1.44. The van der Waals surface area contributed by atoms with Gasteiger partial charge in [-0.2, -0.15) is 0 Å². The van der Waals surface area contributed by atoms with Gasteiger partial charge in [-0.1, -0.05) is 20.3 Å². The zero-order valence-corrected chi connectivity index (χ0v) is 10.1. The maximum Gasteiger partial charge on any atom is 0.0246 e. The highest BCUT2D eigenvalue weighted by Gasteiger charge is 2.25. The van der Waals surface area contributed by atoms with E-state index in [2.05, 4.69) is 31.0 Å². The average Bonchev–Trinajstić information content (AvgIpc) is 2.25. The summed E-state index contributed by atoms with van der Waals surface area (Å²) in [5.41, 5.74) is 0. The highest BCUT2D eigenvalue weighted by Crippen LogP contribution is 2.19. The first-order valence-corrected chi connectivity index (χ1v) is 6.27. The third kappa shape index (κ3) is 3.25. The minimum atomic E-state index is 0.662. The van der Waals surface area contributed by atoms with Gasteiger partial charge in [-0.15, -0.1) is 0 Å². The van der Waals surface area contributed by atoms with Crippen LogP contribution in [-0.4, -0.2) is 36.6 Å². The van der Waals surface area contributed by atoms with Gasteiger partial charge in [0.05, 0.1) is 0 Å². The fraction of sp³-hybridized carbons (Fsp3) is 1.00. The minimum absolute atomic E-state index is 0.662. The van der Waals surface area contributed by atoms with E-state index in [0.29, 0.717) is 6.04 Å². The molecular formula is C12H26N2. The molecular weight excluding hydrogens is 172 g/mol. The Labute approximate surface area is 89.1 Å². The summed E-state index contributed by atoms with van der Waals surface area (Å²) in [5, 5.41) is 3.62. The second kappa shape index (κ2) is 6.41. The Balaban J connectivity index is 2.37. The van der Waals surface area contributed by atoms with Crippen molar-refractivity contribution in [1.29, 1.82) is 0 Å². The van der Waals surface area contributed by atoms with Crippen molar-refractivity contribution in [3.05, 3.63) is 0 Å². The predicted molar refractivity (Wildman–Crippen MR) is 62.6 cm³/mol. The Hall–Kier alpha value is -0.0800. The van der Waals surface area contributed by atoms with Crippen LogP contribution >= 0.6 is 0 Å². The zero-order valence-electron chi connectivity index (χ0n) is 10.1. The molecule has 2 nitrogen and oxygen atoms in total. The lowest BCUT2D eigenvalue weighted by atomic mass is 9.96. The molecule has 2 unspecified atom stereocenters. The summed E-state index contributed by atoms with van der Waals surface area (Å²) >= 11 is 0. The summed E-state index contributed by atoms with van der Waals surface area (Å²) in [6.45, 7) is 10.5. The van der Waals surface area contributed by atoms with Crippen molar-refractivity contribution in [3.63, 3.8) is 0 Å². The largest absolute Gasteiger partial charge is 0.313 e. The first kappa shape index (κ1) is 12.0. The first-order valence-electron chi connectivity index (χ1n) is 6.27. The number of hydrogen-bond acceptors (Lipinski definition) is 2. The number of likely N-dealkylation sites (tertiary alicyclic amines) is 1. The molecule has 1 heterocycles. The highest BCUT2D eigenvalue weighted by atomic mass is 15.2. The molecule has 0 aromatic carbocycles. The van der Waals surface area contributed by atoms with E-state index in [-0.39, 0.29) is 0 Å². The molecule has 1 aliphatic heterocycles. The molecule has 2 heteroatoms. The van der Waals surface area contributed by atoms with Crippen LogP contribution in [-0.2, 0) is 0 Å².